The molecular formula is C32H38N4O3. The van der Waals surface area contributed by atoms with Gasteiger partial charge in [-0.25, -0.2) is 4.79 Å². The van der Waals surface area contributed by atoms with Gasteiger partial charge in [-0.2, -0.15) is 0 Å². The molecule has 0 fully saturated rings. The first-order valence-corrected chi connectivity index (χ1v) is 13.4. The van der Waals surface area contributed by atoms with Gasteiger partial charge in [0.2, 0.25) is 5.91 Å². The quantitative estimate of drug-likeness (QED) is 0.457. The minimum atomic E-state index is -0.922. The summed E-state index contributed by atoms with van der Waals surface area (Å²) < 4.78 is 0. The van der Waals surface area contributed by atoms with Crippen LogP contribution in [0.4, 0.5) is 16.2 Å². The second-order valence-corrected chi connectivity index (χ2v) is 11.2. The van der Waals surface area contributed by atoms with Crippen LogP contribution in [0.2, 0.25) is 0 Å². The van der Waals surface area contributed by atoms with Crippen LogP contribution >= 0.6 is 0 Å². The number of urea groups is 1. The fourth-order valence-corrected chi connectivity index (χ4v) is 5.31. The SMILES string of the molecule is CCc1ccc2c(c1)N(CC(=O)NC(C)(C)C)C(=O)C(N(C(N)=O)c1cccc(C)c1)CC2c1ccccc1. The van der Waals surface area contributed by atoms with Crippen LogP contribution in [0.1, 0.15) is 62.3 Å². The van der Waals surface area contributed by atoms with Gasteiger partial charge in [0, 0.05) is 22.8 Å². The monoisotopic (exact) mass is 526 g/mol. The van der Waals surface area contributed by atoms with Gasteiger partial charge >= 0.3 is 6.03 Å². The number of fused-ring (bicyclic) bond motifs is 1. The highest BCUT2D eigenvalue weighted by atomic mass is 16.2. The van der Waals surface area contributed by atoms with Gasteiger partial charge in [0.05, 0.1) is 0 Å². The van der Waals surface area contributed by atoms with E-state index in [1.54, 1.807) is 6.07 Å². The fraction of sp³-hybridized carbons (Fsp3) is 0.344. The van der Waals surface area contributed by atoms with E-state index >= 15 is 0 Å². The number of nitrogens with zero attached hydrogens (tertiary/aromatic N) is 2. The van der Waals surface area contributed by atoms with Crippen molar-refractivity contribution in [3.8, 4) is 0 Å². The third-order valence-corrected chi connectivity index (χ3v) is 7.03. The number of nitrogens with one attached hydrogen (secondary N) is 1. The van der Waals surface area contributed by atoms with Crippen molar-refractivity contribution in [2.24, 2.45) is 5.73 Å². The first kappa shape index (κ1) is 27.9. The molecule has 7 heteroatoms. The Morgan fingerprint density at radius 2 is 1.74 bits per heavy atom. The second-order valence-electron chi connectivity index (χ2n) is 11.2. The molecule has 0 saturated carbocycles. The lowest BCUT2D eigenvalue weighted by Gasteiger charge is -2.33. The number of anilines is 2. The molecule has 3 N–H and O–H groups in total. The van der Waals surface area contributed by atoms with Gasteiger partial charge in [-0.3, -0.25) is 14.5 Å². The highest BCUT2D eigenvalue weighted by molar-refractivity contribution is 6.08. The van der Waals surface area contributed by atoms with Crippen molar-refractivity contribution in [2.45, 2.75) is 65.0 Å². The molecular weight excluding hydrogens is 488 g/mol. The number of nitrogens with two attached hydrogens (primary N) is 1. The zero-order chi connectivity index (χ0) is 28.3. The van der Waals surface area contributed by atoms with Crippen molar-refractivity contribution in [1.82, 2.24) is 5.32 Å². The average molecular weight is 527 g/mol. The molecule has 1 aliphatic heterocycles. The maximum Gasteiger partial charge on any atom is 0.320 e. The van der Waals surface area contributed by atoms with Crippen LogP contribution in [0.25, 0.3) is 0 Å². The minimum absolute atomic E-state index is 0.172. The lowest BCUT2D eigenvalue weighted by Crippen LogP contribution is -2.55. The molecule has 1 heterocycles. The molecule has 0 aliphatic carbocycles. The summed E-state index contributed by atoms with van der Waals surface area (Å²) in [6, 6.07) is 21.8. The van der Waals surface area contributed by atoms with E-state index in [1.165, 1.54) is 9.80 Å². The average Bonchev–Trinajstić information content (AvgIpc) is 2.98. The number of hydrogen-bond donors (Lipinski definition) is 2. The summed E-state index contributed by atoms with van der Waals surface area (Å²) in [6.45, 7) is 9.52. The smallest absolute Gasteiger partial charge is 0.320 e. The number of benzene rings is 3. The Labute approximate surface area is 231 Å². The molecule has 3 aromatic rings. The van der Waals surface area contributed by atoms with Crippen molar-refractivity contribution in [3.63, 3.8) is 0 Å². The van der Waals surface area contributed by atoms with E-state index in [-0.39, 0.29) is 24.3 Å². The maximum absolute atomic E-state index is 14.5. The van der Waals surface area contributed by atoms with E-state index in [9.17, 15) is 14.4 Å². The molecule has 0 aromatic heterocycles. The van der Waals surface area contributed by atoms with Gasteiger partial charge in [0.1, 0.15) is 12.6 Å². The lowest BCUT2D eigenvalue weighted by molar-refractivity contribution is -0.125. The van der Waals surface area contributed by atoms with Crippen LogP contribution in [-0.2, 0) is 16.0 Å². The van der Waals surface area contributed by atoms with Gasteiger partial charge in [0.25, 0.3) is 5.91 Å². The number of rotatable bonds is 6. The number of aryl methyl sites for hydroxylation is 2. The number of carbonyl (C=O) groups excluding carboxylic acids is 3. The molecule has 4 amide bonds. The molecule has 3 aromatic carbocycles. The molecule has 0 bridgehead atoms. The summed E-state index contributed by atoms with van der Waals surface area (Å²) in [6.07, 6.45) is 1.09. The molecule has 2 unspecified atom stereocenters. The molecule has 2 atom stereocenters. The third-order valence-electron chi connectivity index (χ3n) is 7.03. The van der Waals surface area contributed by atoms with E-state index in [1.807, 2.05) is 82.3 Å². The first-order chi connectivity index (χ1) is 18.5. The van der Waals surface area contributed by atoms with Crippen LogP contribution in [0, 0.1) is 6.92 Å². The second kappa shape index (κ2) is 11.3. The van der Waals surface area contributed by atoms with Crippen molar-refractivity contribution >= 4 is 29.2 Å². The highest BCUT2D eigenvalue weighted by Crippen LogP contribution is 2.41. The lowest BCUT2D eigenvalue weighted by atomic mass is 9.85. The number of carbonyl (C=O) groups is 3. The fourth-order valence-electron chi connectivity index (χ4n) is 5.31. The minimum Gasteiger partial charge on any atom is -0.351 e. The molecule has 39 heavy (non-hydrogen) atoms. The predicted molar refractivity (Wildman–Crippen MR) is 156 cm³/mol. The molecule has 0 spiro atoms. The van der Waals surface area contributed by atoms with Gasteiger partial charge in [0.15, 0.2) is 0 Å². The summed E-state index contributed by atoms with van der Waals surface area (Å²) in [5, 5.41) is 2.98. The summed E-state index contributed by atoms with van der Waals surface area (Å²) in [5.41, 5.74) is 10.7. The topological polar surface area (TPSA) is 95.7 Å². The van der Waals surface area contributed by atoms with Gasteiger partial charge in [-0.15, -0.1) is 0 Å². The standard InChI is InChI=1S/C32H38N4O3/c1-6-22-15-16-25-26(23-12-8-7-9-13-23)19-28(36(31(33)39)24-14-10-11-21(2)17-24)30(38)35(27(25)18-22)20-29(37)34-32(3,4)5/h7-18,26,28H,6,19-20H2,1-5H3,(H2,33,39)(H,34,37). The predicted octanol–water partition coefficient (Wildman–Crippen LogP) is 5.29. The van der Waals surface area contributed by atoms with Crippen molar-refractivity contribution in [1.29, 1.82) is 0 Å². The summed E-state index contributed by atoms with van der Waals surface area (Å²) in [7, 11) is 0. The number of hydrogen-bond acceptors (Lipinski definition) is 3. The number of amides is 4. The zero-order valence-electron chi connectivity index (χ0n) is 23.4. The van der Waals surface area contributed by atoms with E-state index in [0.717, 1.165) is 28.7 Å². The summed E-state index contributed by atoms with van der Waals surface area (Å²) >= 11 is 0. The van der Waals surface area contributed by atoms with Crippen LogP contribution in [0.5, 0.6) is 0 Å². The van der Waals surface area contributed by atoms with E-state index in [4.69, 9.17) is 5.73 Å². The molecule has 0 radical (unpaired) electrons. The van der Waals surface area contributed by atoms with Crippen molar-refractivity contribution in [2.75, 3.05) is 16.3 Å². The molecule has 204 valence electrons. The first-order valence-electron chi connectivity index (χ1n) is 13.4. The largest absolute Gasteiger partial charge is 0.351 e. The Hall–Kier alpha value is -4.13. The summed E-state index contributed by atoms with van der Waals surface area (Å²) in [5.74, 6) is -0.822. The Morgan fingerprint density at radius 1 is 1.03 bits per heavy atom. The normalized spacial score (nSPS) is 17.3. The Morgan fingerprint density at radius 3 is 2.36 bits per heavy atom. The Kier molecular flexibility index (Phi) is 8.09. The third kappa shape index (κ3) is 6.30. The zero-order valence-corrected chi connectivity index (χ0v) is 23.4. The van der Waals surface area contributed by atoms with E-state index < -0.39 is 17.6 Å². The van der Waals surface area contributed by atoms with Gasteiger partial charge in [-0.05, 0) is 81.0 Å². The van der Waals surface area contributed by atoms with Gasteiger partial charge < -0.3 is 16.0 Å². The highest BCUT2D eigenvalue weighted by Gasteiger charge is 2.41. The van der Waals surface area contributed by atoms with Crippen LogP contribution in [0.3, 0.4) is 0 Å². The maximum atomic E-state index is 14.5. The molecule has 7 nitrogen and oxygen atoms in total. The van der Waals surface area contributed by atoms with Crippen LogP contribution < -0.4 is 20.9 Å². The Bertz CT molecular complexity index is 1360. The van der Waals surface area contributed by atoms with Crippen LogP contribution in [0.15, 0.2) is 72.8 Å². The van der Waals surface area contributed by atoms with Gasteiger partial charge in [-0.1, -0.05) is 61.5 Å². The number of primary amides is 1. The van der Waals surface area contributed by atoms with Crippen molar-refractivity contribution in [3.05, 3.63) is 95.1 Å². The molecule has 1 aliphatic rings. The van der Waals surface area contributed by atoms with E-state index in [0.29, 0.717) is 17.8 Å². The van der Waals surface area contributed by atoms with E-state index in [2.05, 4.69) is 24.4 Å². The van der Waals surface area contributed by atoms with Crippen LogP contribution in [-0.4, -0.2) is 36.0 Å². The molecule has 0 saturated heterocycles. The Balaban J connectivity index is 1.92. The molecule has 4 rings (SSSR count). The van der Waals surface area contributed by atoms with Crippen molar-refractivity contribution < 1.29 is 14.4 Å². The summed E-state index contributed by atoms with van der Waals surface area (Å²) in [4.78, 5) is 43.6.